The highest BCUT2D eigenvalue weighted by atomic mass is 16.3. The van der Waals surface area contributed by atoms with Crippen LogP contribution in [0.4, 0.5) is 0 Å². The van der Waals surface area contributed by atoms with Crippen molar-refractivity contribution in [2.24, 2.45) is 0 Å². The van der Waals surface area contributed by atoms with E-state index in [0.29, 0.717) is 12.8 Å². The molecule has 0 aliphatic carbocycles. The first-order valence-corrected chi connectivity index (χ1v) is 21.1. The van der Waals surface area contributed by atoms with Crippen molar-refractivity contribution in [2.75, 3.05) is 6.61 Å². The molecule has 0 aromatic carbocycles. The lowest BCUT2D eigenvalue weighted by Gasteiger charge is -2.26. The van der Waals surface area contributed by atoms with Gasteiger partial charge in [0.1, 0.15) is 6.10 Å². The fourth-order valence-corrected chi connectivity index (χ4v) is 6.45. The summed E-state index contributed by atoms with van der Waals surface area (Å²) in [6.07, 6.45) is 45.8. The highest BCUT2D eigenvalue weighted by Crippen LogP contribution is 2.15. The lowest BCUT2D eigenvalue weighted by Crippen LogP contribution is -2.50. The Morgan fingerprint density at radius 3 is 1.21 bits per heavy atom. The second-order valence-electron chi connectivity index (χ2n) is 14.5. The van der Waals surface area contributed by atoms with Gasteiger partial charge in [-0.25, -0.2) is 0 Å². The fourth-order valence-electron chi connectivity index (χ4n) is 6.45. The molecule has 5 heteroatoms. The van der Waals surface area contributed by atoms with Crippen LogP contribution >= 0.6 is 0 Å². The fraction of sp³-hybridized carbons (Fsp3) is 0.884. The van der Waals surface area contributed by atoms with Gasteiger partial charge in [-0.2, -0.15) is 0 Å². The third-order valence-electron chi connectivity index (χ3n) is 9.78. The molecule has 3 atom stereocenters. The number of hydrogen-bond donors (Lipinski definition) is 4. The molecule has 0 heterocycles. The molecule has 0 radical (unpaired) electrons. The molecule has 0 saturated carbocycles. The Labute approximate surface area is 299 Å². The van der Waals surface area contributed by atoms with E-state index >= 15 is 0 Å². The van der Waals surface area contributed by atoms with Gasteiger partial charge in [0.2, 0.25) is 5.91 Å². The van der Waals surface area contributed by atoms with Crippen molar-refractivity contribution >= 4 is 5.91 Å². The van der Waals surface area contributed by atoms with Crippen LogP contribution in [0.3, 0.4) is 0 Å². The van der Waals surface area contributed by atoms with E-state index in [1.807, 2.05) is 0 Å². The molecule has 5 nitrogen and oxygen atoms in total. The molecule has 0 rings (SSSR count). The quantitative estimate of drug-likeness (QED) is 0.0387. The first kappa shape index (κ1) is 46.8. The highest BCUT2D eigenvalue weighted by Gasteiger charge is 2.26. The summed E-state index contributed by atoms with van der Waals surface area (Å²) in [5.41, 5.74) is 0. The van der Waals surface area contributed by atoms with E-state index in [1.54, 1.807) is 0 Å². The van der Waals surface area contributed by atoms with E-state index in [4.69, 9.17) is 0 Å². The van der Waals surface area contributed by atoms with Crippen LogP contribution in [0.1, 0.15) is 219 Å². The molecule has 0 aromatic heterocycles. The summed E-state index contributed by atoms with van der Waals surface area (Å²) >= 11 is 0. The van der Waals surface area contributed by atoms with Crippen LogP contribution in [0.15, 0.2) is 24.3 Å². The van der Waals surface area contributed by atoms with Gasteiger partial charge in [0.05, 0.1) is 18.8 Å². The molecule has 3 unspecified atom stereocenters. The van der Waals surface area contributed by atoms with Crippen molar-refractivity contribution in [1.29, 1.82) is 0 Å². The Hall–Kier alpha value is -1.17. The minimum absolute atomic E-state index is 0.158. The molecule has 0 bridgehead atoms. The lowest BCUT2D eigenvalue weighted by molar-refractivity contribution is -0.124. The third kappa shape index (κ3) is 33.3. The minimum atomic E-state index is -1.16. The van der Waals surface area contributed by atoms with Gasteiger partial charge in [-0.1, -0.05) is 173 Å². The van der Waals surface area contributed by atoms with Crippen molar-refractivity contribution in [1.82, 2.24) is 5.32 Å². The lowest BCUT2D eigenvalue weighted by atomic mass is 10.0. The summed E-state index contributed by atoms with van der Waals surface area (Å²) in [7, 11) is 0. The van der Waals surface area contributed by atoms with E-state index in [1.165, 1.54) is 154 Å². The number of carbonyl (C=O) groups excluding carboxylic acids is 1. The Morgan fingerprint density at radius 1 is 0.500 bits per heavy atom. The number of carbonyl (C=O) groups is 1. The highest BCUT2D eigenvalue weighted by molar-refractivity contribution is 5.76. The molecular formula is C43H83NO4. The van der Waals surface area contributed by atoms with Crippen LogP contribution < -0.4 is 5.32 Å². The van der Waals surface area contributed by atoms with Crippen LogP contribution in [0.5, 0.6) is 0 Å². The second kappa shape index (κ2) is 38.6. The molecule has 48 heavy (non-hydrogen) atoms. The number of aliphatic hydroxyl groups excluding tert-OH is 3. The van der Waals surface area contributed by atoms with Crippen molar-refractivity contribution in [3.8, 4) is 0 Å². The average molecular weight is 678 g/mol. The molecule has 0 spiro atoms. The summed E-state index contributed by atoms with van der Waals surface area (Å²) in [6.45, 7) is 4.14. The Kier molecular flexibility index (Phi) is 37.7. The predicted molar refractivity (Wildman–Crippen MR) is 208 cm³/mol. The number of unbranched alkanes of at least 4 members (excludes halogenated alkanes) is 26. The number of nitrogens with one attached hydrogen (secondary N) is 1. The topological polar surface area (TPSA) is 89.8 Å². The Morgan fingerprint density at radius 2 is 0.833 bits per heavy atom. The van der Waals surface area contributed by atoms with Gasteiger partial charge in [0, 0.05) is 6.42 Å². The average Bonchev–Trinajstić information content (AvgIpc) is 3.09. The minimum Gasteiger partial charge on any atom is -0.394 e. The molecule has 4 N–H and O–H groups in total. The van der Waals surface area contributed by atoms with E-state index in [-0.39, 0.29) is 12.5 Å². The number of rotatable bonds is 38. The summed E-state index contributed by atoms with van der Waals surface area (Å²) < 4.78 is 0. The van der Waals surface area contributed by atoms with Crippen molar-refractivity contribution in [3.05, 3.63) is 24.3 Å². The molecule has 0 saturated heterocycles. The van der Waals surface area contributed by atoms with E-state index in [2.05, 4.69) is 43.5 Å². The van der Waals surface area contributed by atoms with Crippen LogP contribution in [-0.2, 0) is 4.79 Å². The van der Waals surface area contributed by atoms with Crippen molar-refractivity contribution < 1.29 is 20.1 Å². The van der Waals surface area contributed by atoms with Crippen LogP contribution in [0.2, 0.25) is 0 Å². The molecule has 284 valence electrons. The summed E-state index contributed by atoms with van der Waals surface area (Å²) in [5, 5.41) is 33.3. The zero-order valence-corrected chi connectivity index (χ0v) is 32.1. The molecular weight excluding hydrogens is 594 g/mol. The first-order chi connectivity index (χ1) is 23.6. The molecule has 0 aromatic rings. The smallest absolute Gasteiger partial charge is 0.220 e. The molecule has 1 amide bonds. The zero-order valence-electron chi connectivity index (χ0n) is 32.1. The monoisotopic (exact) mass is 678 g/mol. The number of aliphatic hydroxyl groups is 3. The maximum Gasteiger partial charge on any atom is 0.220 e. The van der Waals surface area contributed by atoms with Crippen LogP contribution in [0, 0.1) is 0 Å². The summed E-state index contributed by atoms with van der Waals surface area (Å²) in [5.74, 6) is -0.158. The maximum absolute atomic E-state index is 12.4. The van der Waals surface area contributed by atoms with Crippen LogP contribution in [-0.4, -0.2) is 46.1 Å². The van der Waals surface area contributed by atoms with Crippen molar-refractivity contribution in [3.63, 3.8) is 0 Å². The zero-order chi connectivity index (χ0) is 35.2. The van der Waals surface area contributed by atoms with E-state index in [9.17, 15) is 20.1 Å². The Balaban J connectivity index is 3.59. The van der Waals surface area contributed by atoms with Gasteiger partial charge in [0.25, 0.3) is 0 Å². The summed E-state index contributed by atoms with van der Waals surface area (Å²) in [4.78, 5) is 12.4. The second-order valence-corrected chi connectivity index (χ2v) is 14.5. The van der Waals surface area contributed by atoms with Gasteiger partial charge in [-0.3, -0.25) is 4.79 Å². The largest absolute Gasteiger partial charge is 0.394 e. The van der Waals surface area contributed by atoms with Crippen LogP contribution in [0.25, 0.3) is 0 Å². The normalized spacial score (nSPS) is 13.9. The Bertz CT molecular complexity index is 709. The number of allylic oxidation sites excluding steroid dienone is 4. The van der Waals surface area contributed by atoms with E-state index in [0.717, 1.165) is 38.5 Å². The van der Waals surface area contributed by atoms with Gasteiger partial charge in [-0.05, 0) is 64.2 Å². The summed E-state index contributed by atoms with van der Waals surface area (Å²) in [6, 6.07) is -0.824. The molecule has 0 aliphatic rings. The van der Waals surface area contributed by atoms with Gasteiger partial charge < -0.3 is 20.6 Å². The third-order valence-corrected chi connectivity index (χ3v) is 9.78. The van der Waals surface area contributed by atoms with Gasteiger partial charge >= 0.3 is 0 Å². The molecule has 0 aliphatic heterocycles. The van der Waals surface area contributed by atoms with Gasteiger partial charge in [0.15, 0.2) is 0 Å². The standard InChI is InChI=1S/C43H83NO4/c1-3-5-7-9-11-13-15-16-17-18-19-20-21-22-23-24-25-26-27-28-30-32-34-36-38-42(47)44-40(39-45)43(48)41(46)37-35-33-31-29-14-12-10-8-6-4-2/h22-23,29,31,40-41,43,45-46,48H,3-21,24-28,30,32-39H2,1-2H3,(H,44,47)/b23-22-,31-29+. The van der Waals surface area contributed by atoms with E-state index < -0.39 is 18.2 Å². The first-order valence-electron chi connectivity index (χ1n) is 21.1. The number of amides is 1. The van der Waals surface area contributed by atoms with Gasteiger partial charge in [-0.15, -0.1) is 0 Å². The maximum atomic E-state index is 12.4. The molecule has 0 fully saturated rings. The van der Waals surface area contributed by atoms with Crippen molar-refractivity contribution in [2.45, 2.75) is 238 Å². The SMILES string of the molecule is CCCCCCC/C=C/CCCC(O)C(O)C(CO)NC(=O)CCCCCCCCCC/C=C\CCCCCCCCCCCCCC. The predicted octanol–water partition coefficient (Wildman–Crippen LogP) is 11.8. The number of hydrogen-bond acceptors (Lipinski definition) is 4.